The van der Waals surface area contributed by atoms with Gasteiger partial charge in [0, 0.05) is 23.0 Å². The summed E-state index contributed by atoms with van der Waals surface area (Å²) in [6, 6.07) is 61.6. The van der Waals surface area contributed by atoms with Crippen LogP contribution in [0.25, 0.3) is 44.4 Å². The van der Waals surface area contributed by atoms with E-state index in [0.717, 1.165) is 12.8 Å². The molecule has 7 aromatic rings. The summed E-state index contributed by atoms with van der Waals surface area (Å²) in [5, 5.41) is 1.26. The fraction of sp³-hybridized carbons (Fsp3) is 0.0800. The van der Waals surface area contributed by atoms with Gasteiger partial charge in [0.1, 0.15) is 0 Å². The second kappa shape index (κ2) is 14.1. The van der Waals surface area contributed by atoms with Gasteiger partial charge in [-0.1, -0.05) is 164 Å². The molecule has 0 bridgehead atoms. The summed E-state index contributed by atoms with van der Waals surface area (Å²) in [6.45, 7) is 0. The van der Waals surface area contributed by atoms with E-state index in [-0.39, 0.29) is 12.1 Å². The molecule has 0 fully saturated rings. The SMILES string of the molecule is C1=CC(N(c2ccc(-c3ccccc3)cc2)C2C=CC(c3cccc4c3ccn4-c3ccccc3)=C(c3ccccc3)C2)CC=C1c1ccccc1. The van der Waals surface area contributed by atoms with Crippen LogP contribution >= 0.6 is 0 Å². The molecule has 6 aromatic carbocycles. The van der Waals surface area contributed by atoms with Gasteiger partial charge in [-0.2, -0.15) is 0 Å². The first-order chi connectivity index (χ1) is 25.8. The largest absolute Gasteiger partial charge is 0.358 e. The molecule has 2 unspecified atom stereocenters. The molecule has 250 valence electrons. The molecular weight excluding hydrogens is 629 g/mol. The summed E-state index contributed by atoms with van der Waals surface area (Å²) in [6.07, 6.45) is 16.0. The number of para-hydroxylation sites is 1. The zero-order chi connectivity index (χ0) is 34.7. The Labute approximate surface area is 306 Å². The number of benzene rings is 6. The average Bonchev–Trinajstić information content (AvgIpc) is 3.68. The number of allylic oxidation sites excluding steroid dienone is 4. The van der Waals surface area contributed by atoms with Gasteiger partial charge in [-0.25, -0.2) is 0 Å². The van der Waals surface area contributed by atoms with Crippen LogP contribution in [0, 0.1) is 0 Å². The Morgan fingerprint density at radius 3 is 1.79 bits per heavy atom. The molecule has 0 saturated carbocycles. The lowest BCUT2D eigenvalue weighted by Gasteiger charge is -2.40. The quantitative estimate of drug-likeness (QED) is 0.156. The van der Waals surface area contributed by atoms with Crippen molar-refractivity contribution >= 4 is 33.3 Å². The second-order valence-corrected chi connectivity index (χ2v) is 13.7. The molecule has 0 amide bonds. The molecule has 0 saturated heterocycles. The summed E-state index contributed by atoms with van der Waals surface area (Å²) in [7, 11) is 0. The van der Waals surface area contributed by atoms with Crippen LogP contribution in [0.3, 0.4) is 0 Å². The van der Waals surface area contributed by atoms with E-state index < -0.39 is 0 Å². The summed E-state index contributed by atoms with van der Waals surface area (Å²) < 4.78 is 2.30. The fourth-order valence-corrected chi connectivity index (χ4v) is 8.01. The predicted octanol–water partition coefficient (Wildman–Crippen LogP) is 12.5. The van der Waals surface area contributed by atoms with Gasteiger partial charge in [0.2, 0.25) is 0 Å². The Kier molecular flexibility index (Phi) is 8.56. The first kappa shape index (κ1) is 31.6. The van der Waals surface area contributed by atoms with Crippen LogP contribution < -0.4 is 4.90 Å². The van der Waals surface area contributed by atoms with Gasteiger partial charge in [0.05, 0.1) is 17.6 Å². The highest BCUT2D eigenvalue weighted by Crippen LogP contribution is 2.41. The molecule has 0 spiro atoms. The molecule has 1 heterocycles. The van der Waals surface area contributed by atoms with Crippen molar-refractivity contribution in [3.05, 3.63) is 223 Å². The van der Waals surface area contributed by atoms with Crippen molar-refractivity contribution in [2.45, 2.75) is 24.9 Å². The van der Waals surface area contributed by atoms with Crippen LogP contribution in [-0.4, -0.2) is 16.7 Å². The van der Waals surface area contributed by atoms with Crippen LogP contribution in [0.5, 0.6) is 0 Å². The van der Waals surface area contributed by atoms with E-state index in [1.165, 1.54) is 66.8 Å². The van der Waals surface area contributed by atoms with Gasteiger partial charge >= 0.3 is 0 Å². The van der Waals surface area contributed by atoms with Gasteiger partial charge in [0.15, 0.2) is 0 Å². The van der Waals surface area contributed by atoms with E-state index in [2.05, 4.69) is 216 Å². The third-order valence-corrected chi connectivity index (χ3v) is 10.6. The molecule has 1 aromatic heterocycles. The lowest BCUT2D eigenvalue weighted by Crippen LogP contribution is -2.43. The number of hydrogen-bond donors (Lipinski definition) is 0. The lowest BCUT2D eigenvalue weighted by molar-refractivity contribution is 0.622. The van der Waals surface area contributed by atoms with E-state index in [4.69, 9.17) is 0 Å². The van der Waals surface area contributed by atoms with Crippen molar-refractivity contribution in [2.75, 3.05) is 4.90 Å². The molecule has 52 heavy (non-hydrogen) atoms. The van der Waals surface area contributed by atoms with Crippen LogP contribution in [-0.2, 0) is 0 Å². The van der Waals surface area contributed by atoms with E-state index in [9.17, 15) is 0 Å². The first-order valence-corrected chi connectivity index (χ1v) is 18.3. The normalized spacial score (nSPS) is 17.0. The minimum absolute atomic E-state index is 0.163. The highest BCUT2D eigenvalue weighted by molar-refractivity contribution is 6.05. The molecule has 0 aliphatic heterocycles. The summed E-state index contributed by atoms with van der Waals surface area (Å²) in [5.74, 6) is 0. The lowest BCUT2D eigenvalue weighted by atomic mass is 9.83. The van der Waals surface area contributed by atoms with Gasteiger partial charge < -0.3 is 9.47 Å². The van der Waals surface area contributed by atoms with E-state index in [1.807, 2.05) is 0 Å². The van der Waals surface area contributed by atoms with Crippen LogP contribution in [0.4, 0.5) is 5.69 Å². The Morgan fingerprint density at radius 1 is 0.500 bits per heavy atom. The maximum Gasteiger partial charge on any atom is 0.0534 e. The van der Waals surface area contributed by atoms with Crippen LogP contribution in [0.1, 0.15) is 29.5 Å². The minimum Gasteiger partial charge on any atom is -0.358 e. The monoisotopic (exact) mass is 668 g/mol. The van der Waals surface area contributed by atoms with Crippen LogP contribution in [0.2, 0.25) is 0 Å². The molecule has 2 aliphatic rings. The fourth-order valence-electron chi connectivity index (χ4n) is 8.01. The average molecular weight is 669 g/mol. The molecule has 2 atom stereocenters. The minimum atomic E-state index is 0.163. The number of rotatable bonds is 8. The Balaban J connectivity index is 1.12. The van der Waals surface area contributed by atoms with Gasteiger partial charge in [-0.3, -0.25) is 0 Å². The van der Waals surface area contributed by atoms with Gasteiger partial charge in [-0.15, -0.1) is 0 Å². The Hall–Kier alpha value is -6.38. The summed E-state index contributed by atoms with van der Waals surface area (Å²) in [4.78, 5) is 2.65. The van der Waals surface area contributed by atoms with Crippen LogP contribution in [0.15, 0.2) is 206 Å². The van der Waals surface area contributed by atoms with E-state index in [0.29, 0.717) is 0 Å². The number of hydrogen-bond acceptors (Lipinski definition) is 1. The third-order valence-electron chi connectivity index (χ3n) is 10.6. The zero-order valence-electron chi connectivity index (χ0n) is 29.1. The molecule has 2 nitrogen and oxygen atoms in total. The molecular formula is C50H40N2. The Morgan fingerprint density at radius 2 is 1.12 bits per heavy atom. The zero-order valence-corrected chi connectivity index (χ0v) is 29.1. The van der Waals surface area contributed by atoms with Crippen molar-refractivity contribution < 1.29 is 0 Å². The molecule has 9 rings (SSSR count). The number of aromatic nitrogens is 1. The first-order valence-electron chi connectivity index (χ1n) is 18.3. The third kappa shape index (κ3) is 6.14. The molecule has 0 radical (unpaired) electrons. The van der Waals surface area contributed by atoms with Crippen molar-refractivity contribution in [2.24, 2.45) is 0 Å². The number of anilines is 1. The second-order valence-electron chi connectivity index (χ2n) is 13.7. The molecule has 0 N–H and O–H groups in total. The van der Waals surface area contributed by atoms with Crippen molar-refractivity contribution in [3.8, 4) is 16.8 Å². The van der Waals surface area contributed by atoms with E-state index >= 15 is 0 Å². The highest BCUT2D eigenvalue weighted by atomic mass is 15.2. The van der Waals surface area contributed by atoms with Gasteiger partial charge in [0.25, 0.3) is 0 Å². The van der Waals surface area contributed by atoms with Gasteiger partial charge in [-0.05, 0) is 93.8 Å². The number of fused-ring (bicyclic) bond motifs is 1. The predicted molar refractivity (Wildman–Crippen MR) is 220 cm³/mol. The Bertz CT molecular complexity index is 2430. The van der Waals surface area contributed by atoms with Crippen molar-refractivity contribution in [1.29, 1.82) is 0 Å². The smallest absolute Gasteiger partial charge is 0.0534 e. The van der Waals surface area contributed by atoms with Crippen molar-refractivity contribution in [3.63, 3.8) is 0 Å². The summed E-state index contributed by atoms with van der Waals surface area (Å²) >= 11 is 0. The molecule has 2 heteroatoms. The standard InChI is InChI=1S/C50H40N2/c1-5-14-37(15-6-1)39-24-28-43(29-25-39)52(44-30-26-40(27-31-44)38-16-7-2-8-17-38)45-32-33-47(49(36-45)41-18-9-3-10-19-41)46-22-13-23-50-48(46)34-35-51(50)42-20-11-4-12-21-42/h1-30,32-35,44-45H,31,36H2. The summed E-state index contributed by atoms with van der Waals surface area (Å²) in [5.41, 5.74) is 13.9. The van der Waals surface area contributed by atoms with E-state index in [1.54, 1.807) is 0 Å². The van der Waals surface area contributed by atoms with Crippen molar-refractivity contribution in [1.82, 2.24) is 4.57 Å². The molecule has 2 aliphatic carbocycles. The number of nitrogens with zero attached hydrogens (tertiary/aromatic N) is 2. The maximum absolute atomic E-state index is 2.65. The topological polar surface area (TPSA) is 8.17 Å². The highest BCUT2D eigenvalue weighted by Gasteiger charge is 2.29. The maximum atomic E-state index is 2.65.